The normalized spacial score (nSPS) is 14.0. The van der Waals surface area contributed by atoms with E-state index in [1.54, 1.807) is 0 Å². The van der Waals surface area contributed by atoms with Crippen molar-refractivity contribution in [2.24, 2.45) is 0 Å². The van der Waals surface area contributed by atoms with Gasteiger partial charge in [-0.15, -0.1) is 0 Å². The van der Waals surface area contributed by atoms with Crippen molar-refractivity contribution in [3.63, 3.8) is 0 Å². The molecular weight excluding hydrogens is 685 g/mol. The van der Waals surface area contributed by atoms with Gasteiger partial charge < -0.3 is 63.2 Å². The van der Waals surface area contributed by atoms with Gasteiger partial charge in [0.05, 0.1) is 65.7 Å². The molecule has 0 bridgehead atoms. The first-order valence-electron chi connectivity index (χ1n) is 14.0. The maximum absolute atomic E-state index is 4.94. The van der Waals surface area contributed by atoms with E-state index in [1.165, 1.54) is 35.5 Å². The zero-order chi connectivity index (χ0) is 27.3. The molecule has 2 saturated heterocycles. The van der Waals surface area contributed by atoms with Crippen LogP contribution in [0.25, 0.3) is 10.6 Å². The number of rotatable bonds is 8. The zero-order valence-electron chi connectivity index (χ0n) is 26.1. The van der Waals surface area contributed by atoms with Gasteiger partial charge in [-0.1, -0.05) is 36.4 Å². The molecular formula is C30H50Br2Mg2N6O2+4. The molecule has 0 amide bonds. The SMILES string of the molecule is C1CCOC1.C1CCOC1.C[NH+](C)CC[NH+]=C([N-]c1ccccc1)C([N-]c1ccccc1)=[NH+]CC[NH+](C)C.[Br-].[Br-].[Mg+2].[Mg+2]. The summed E-state index contributed by atoms with van der Waals surface area (Å²) in [6.45, 7) is 7.63. The van der Waals surface area contributed by atoms with Crippen LogP contribution in [-0.4, -0.2) is 139 Å². The minimum atomic E-state index is 0. The number of likely N-dealkylation sites (N-methyl/N-ethyl adjacent to an activating group) is 2. The summed E-state index contributed by atoms with van der Waals surface area (Å²) in [5.74, 6) is 1.54. The molecule has 226 valence electrons. The molecule has 4 N–H and O–H groups in total. The quantitative estimate of drug-likeness (QED) is 0.124. The van der Waals surface area contributed by atoms with Gasteiger partial charge in [0.2, 0.25) is 0 Å². The summed E-state index contributed by atoms with van der Waals surface area (Å²) < 4.78 is 9.89. The Morgan fingerprint density at radius 1 is 0.595 bits per heavy atom. The molecule has 0 spiro atoms. The van der Waals surface area contributed by atoms with Crippen molar-refractivity contribution in [3.05, 3.63) is 71.3 Å². The molecule has 12 heteroatoms. The minimum absolute atomic E-state index is 0. The second-order valence-electron chi connectivity index (χ2n) is 10.00. The van der Waals surface area contributed by atoms with Crippen LogP contribution in [-0.2, 0) is 9.47 Å². The zero-order valence-corrected chi connectivity index (χ0v) is 32.1. The summed E-state index contributed by atoms with van der Waals surface area (Å²) >= 11 is 0. The molecule has 0 aromatic heterocycles. The van der Waals surface area contributed by atoms with Crippen LogP contribution in [0, 0.1) is 0 Å². The molecule has 2 aliphatic rings. The van der Waals surface area contributed by atoms with Crippen LogP contribution < -0.4 is 53.7 Å². The number of amidine groups is 2. The molecule has 2 fully saturated rings. The van der Waals surface area contributed by atoms with Crippen LogP contribution in [0.15, 0.2) is 60.7 Å². The number of quaternary nitrogens is 2. The van der Waals surface area contributed by atoms with E-state index in [-0.39, 0.29) is 80.1 Å². The maximum Gasteiger partial charge on any atom is 2.00 e. The van der Waals surface area contributed by atoms with Crippen LogP contribution >= 0.6 is 0 Å². The standard InChI is InChI=1S/C22H30N6.2C4H8O.2BrH.2Mg/c1-27(2)17-15-23-21(25-19-11-7-5-8-12-19)22(24-16-18-28(3)4)26-20-13-9-6-10-14-20;2*1-2-4-5-3-1;;;;/h5-14H,15-18H2,1-4H3;2*1-4H2;2*1H;;/q-2;;;;;2*+2/p+2. The monoisotopic (exact) mass is 732 g/mol. The minimum Gasteiger partial charge on any atom is -1.00 e. The van der Waals surface area contributed by atoms with E-state index in [0.717, 1.165) is 75.7 Å². The predicted molar refractivity (Wildman–Crippen MR) is 168 cm³/mol. The number of ether oxygens (including phenoxy) is 2. The van der Waals surface area contributed by atoms with Crippen LogP contribution in [0.2, 0.25) is 0 Å². The van der Waals surface area contributed by atoms with E-state index < -0.39 is 0 Å². The molecule has 0 atom stereocenters. The molecule has 4 rings (SSSR count). The van der Waals surface area contributed by atoms with Crippen LogP contribution in [0.1, 0.15) is 25.7 Å². The van der Waals surface area contributed by atoms with E-state index >= 15 is 0 Å². The third-order valence-corrected chi connectivity index (χ3v) is 5.71. The van der Waals surface area contributed by atoms with E-state index in [9.17, 15) is 0 Å². The molecule has 2 aliphatic heterocycles. The first-order chi connectivity index (χ1) is 18.5. The summed E-state index contributed by atoms with van der Waals surface area (Å²) in [5, 5.41) is 9.69. The fourth-order valence-corrected chi connectivity index (χ4v) is 3.50. The number of para-hydroxylation sites is 2. The third kappa shape index (κ3) is 24.1. The molecule has 2 aromatic rings. The molecule has 0 unspecified atom stereocenters. The fraction of sp³-hybridized carbons (Fsp3) is 0.533. The second-order valence-corrected chi connectivity index (χ2v) is 10.00. The first kappa shape index (κ1) is 46.1. The third-order valence-electron chi connectivity index (χ3n) is 5.71. The Morgan fingerprint density at radius 3 is 1.14 bits per heavy atom. The Bertz CT molecular complexity index is 828. The smallest absolute Gasteiger partial charge is 1.00 e. The number of hydrogen-bond acceptors (Lipinski definition) is 2. The van der Waals surface area contributed by atoms with Gasteiger partial charge >= 0.3 is 46.1 Å². The van der Waals surface area contributed by atoms with E-state index in [1.807, 2.05) is 60.7 Å². The van der Waals surface area contributed by atoms with Gasteiger partial charge in [0.15, 0.2) is 11.7 Å². The van der Waals surface area contributed by atoms with Gasteiger partial charge in [-0.3, -0.25) is 0 Å². The number of nitrogens with one attached hydrogen (secondary N) is 4. The van der Waals surface area contributed by atoms with Crippen molar-refractivity contribution < 1.29 is 63.2 Å². The van der Waals surface area contributed by atoms with Gasteiger partial charge in [-0.05, 0) is 49.9 Å². The number of halogens is 2. The Balaban J connectivity index is -0.000000913. The van der Waals surface area contributed by atoms with Crippen molar-refractivity contribution in [2.45, 2.75) is 25.7 Å². The molecule has 2 heterocycles. The number of hydrogen-bond donors (Lipinski definition) is 4. The van der Waals surface area contributed by atoms with Crippen LogP contribution in [0.4, 0.5) is 11.4 Å². The number of benzene rings is 2. The molecule has 2 aromatic carbocycles. The van der Waals surface area contributed by atoms with Gasteiger partial charge in [-0.25, -0.2) is 10.6 Å². The van der Waals surface area contributed by atoms with Gasteiger partial charge in [0, 0.05) is 26.4 Å². The largest absolute Gasteiger partial charge is 2.00 e. The fourth-order valence-electron chi connectivity index (χ4n) is 3.50. The Morgan fingerprint density at radius 2 is 0.905 bits per heavy atom. The predicted octanol–water partition coefficient (Wildman–Crippen LogP) is -7.52. The summed E-state index contributed by atoms with van der Waals surface area (Å²) in [5.41, 5.74) is 1.81. The summed E-state index contributed by atoms with van der Waals surface area (Å²) in [6.07, 6.45) is 5.11. The summed E-state index contributed by atoms with van der Waals surface area (Å²) in [4.78, 5) is 9.75. The summed E-state index contributed by atoms with van der Waals surface area (Å²) in [6, 6.07) is 20.0. The average Bonchev–Trinajstić information content (AvgIpc) is 3.68. The van der Waals surface area contributed by atoms with Crippen molar-refractivity contribution in [1.29, 1.82) is 0 Å². The Labute approximate surface area is 307 Å². The van der Waals surface area contributed by atoms with Crippen LogP contribution in [0.5, 0.6) is 0 Å². The van der Waals surface area contributed by atoms with E-state index in [2.05, 4.69) is 38.2 Å². The average molecular weight is 735 g/mol. The Hall–Kier alpha value is -0.288. The maximum atomic E-state index is 4.94. The Kier molecular flexibility index (Phi) is 33.8. The molecule has 0 aliphatic carbocycles. The topological polar surface area (TPSA) is 83.5 Å². The first-order valence-corrected chi connectivity index (χ1v) is 14.0. The van der Waals surface area contributed by atoms with Gasteiger partial charge in [0.25, 0.3) is 0 Å². The van der Waals surface area contributed by atoms with E-state index in [4.69, 9.17) is 20.1 Å². The van der Waals surface area contributed by atoms with Gasteiger partial charge in [0.1, 0.15) is 0 Å². The molecule has 0 saturated carbocycles. The number of nitrogens with zero attached hydrogens (tertiary/aromatic N) is 2. The molecule has 0 radical (unpaired) electrons. The van der Waals surface area contributed by atoms with Crippen LogP contribution in [0.3, 0.4) is 0 Å². The van der Waals surface area contributed by atoms with Crippen molar-refractivity contribution in [2.75, 3.05) is 80.8 Å². The second kappa shape index (κ2) is 30.7. The van der Waals surface area contributed by atoms with E-state index in [0.29, 0.717) is 0 Å². The summed E-state index contributed by atoms with van der Waals surface area (Å²) in [7, 11) is 8.58. The molecule has 42 heavy (non-hydrogen) atoms. The van der Waals surface area contributed by atoms with Crippen molar-refractivity contribution >= 4 is 69.2 Å². The van der Waals surface area contributed by atoms with Crippen molar-refractivity contribution in [3.8, 4) is 0 Å². The van der Waals surface area contributed by atoms with Gasteiger partial charge in [-0.2, -0.15) is 0 Å². The van der Waals surface area contributed by atoms with Crippen molar-refractivity contribution in [1.82, 2.24) is 0 Å². The molecule has 8 nitrogen and oxygen atoms in total.